The van der Waals surface area contributed by atoms with Crippen molar-refractivity contribution in [1.29, 1.82) is 0 Å². The molecule has 0 rings (SSSR count). The van der Waals surface area contributed by atoms with Crippen LogP contribution in [-0.2, 0) is 14.4 Å². The second-order valence-electron chi connectivity index (χ2n) is 0.710. The minimum absolute atomic E-state index is 3.50. The summed E-state index contributed by atoms with van der Waals surface area (Å²) in [6.07, 6.45) is 0. The molecule has 0 atom stereocenters. The van der Waals surface area contributed by atoms with Gasteiger partial charge in [-0.2, -0.15) is 0 Å². The van der Waals surface area contributed by atoms with Crippen LogP contribution in [0.15, 0.2) is 0 Å². The molecule has 0 saturated carbocycles. The molecular weight excluding hydrogens is 160 g/mol. The Balaban J connectivity index is 4.16. The van der Waals surface area contributed by atoms with Gasteiger partial charge in [0.15, 0.2) is 0 Å². The summed E-state index contributed by atoms with van der Waals surface area (Å²) in [5.41, 5.74) is 0. The van der Waals surface area contributed by atoms with Crippen LogP contribution in [0.2, 0.25) is 0 Å². The van der Waals surface area contributed by atoms with Gasteiger partial charge in [-0.3, -0.25) is 0 Å². The first-order valence-corrected chi connectivity index (χ1v) is 3.71. The molecule has 0 aliphatic rings. The average molecular weight is 164 g/mol. The van der Waals surface area contributed by atoms with Gasteiger partial charge < -0.3 is 0 Å². The van der Waals surface area contributed by atoms with Crippen LogP contribution < -0.4 is 0 Å². The topological polar surface area (TPSA) is 80.9 Å². The van der Waals surface area contributed by atoms with Gasteiger partial charge >= 0.3 is 40.8 Å². The summed E-state index contributed by atoms with van der Waals surface area (Å²) in [5, 5.41) is 0. The van der Waals surface area contributed by atoms with Gasteiger partial charge in [0.2, 0.25) is 0 Å². The predicted octanol–water partition coefficient (Wildman–Crippen LogP) is 0.680. The van der Waals surface area contributed by atoms with E-state index in [2.05, 4.69) is 14.4 Å². The zero-order valence-electron chi connectivity index (χ0n) is 2.50. The van der Waals surface area contributed by atoms with Gasteiger partial charge in [-0.25, -0.2) is 0 Å². The second kappa shape index (κ2) is 1.10. The molecule has 0 radical (unpaired) electrons. The Morgan fingerprint density at radius 2 is 1.00 bits per heavy atom. The van der Waals surface area contributed by atoms with Gasteiger partial charge in [-0.15, -0.1) is 0 Å². The van der Waals surface area contributed by atoms with Crippen molar-refractivity contribution in [3.05, 3.63) is 0 Å². The normalized spacial score (nSPS) is 19.3. The molecule has 0 aromatic rings. The molecule has 0 unspecified atom stereocenters. The molecule has 4 nitrogen and oxygen atoms in total. The van der Waals surface area contributed by atoms with Crippen molar-refractivity contribution in [1.82, 2.24) is 0 Å². The van der Waals surface area contributed by atoms with Crippen LogP contribution in [0.4, 0.5) is 0 Å². The third-order valence-corrected chi connectivity index (χ3v) is 0. The monoisotopic (exact) mass is 163 g/mol. The van der Waals surface area contributed by atoms with Gasteiger partial charge in [0.05, 0.1) is 0 Å². The van der Waals surface area contributed by atoms with E-state index in [-0.39, 0.29) is 0 Å². The van der Waals surface area contributed by atoms with E-state index < -0.39 is 8.21 Å². The Kier molecular flexibility index (Phi) is 1.23. The summed E-state index contributed by atoms with van der Waals surface area (Å²) in [6.45, 7) is 0. The summed E-state index contributed by atoms with van der Waals surface area (Å²) >= 11 is 3.50. The fourth-order valence-electron chi connectivity index (χ4n) is 0. The van der Waals surface area contributed by atoms with Crippen LogP contribution in [0.1, 0.15) is 0 Å². The molecular formula is H4CuO4S. The van der Waals surface area contributed by atoms with Crippen molar-refractivity contribution in [3.63, 3.8) is 0 Å². The Bertz CT molecular complexity index is 85.2. The van der Waals surface area contributed by atoms with Crippen LogP contribution in [-0.4, -0.2) is 18.2 Å². The van der Waals surface area contributed by atoms with Gasteiger partial charge in [-0.1, -0.05) is 0 Å². The third-order valence-electron chi connectivity index (χ3n) is 0. The SMILES string of the molecule is O[S](O)(O)(O)=[Cu]. The quantitative estimate of drug-likeness (QED) is 0.396. The summed E-state index contributed by atoms with van der Waals surface area (Å²) in [5.74, 6) is 0. The third kappa shape index (κ3) is 129. The van der Waals surface area contributed by atoms with Gasteiger partial charge in [0.25, 0.3) is 0 Å². The van der Waals surface area contributed by atoms with Crippen molar-refractivity contribution in [2.75, 3.05) is 0 Å². The standard InChI is InChI=1S/Cu.H4O4S/c;1-5(2,3)4/h;1-4H. The van der Waals surface area contributed by atoms with Crippen LogP contribution in [0.3, 0.4) is 0 Å². The molecule has 0 amide bonds. The van der Waals surface area contributed by atoms with E-state index in [0.717, 1.165) is 0 Å². The Labute approximate surface area is 41.4 Å². The van der Waals surface area contributed by atoms with Crippen molar-refractivity contribution in [2.24, 2.45) is 0 Å². The maximum absolute atomic E-state index is 7.57. The molecule has 0 spiro atoms. The Morgan fingerprint density at radius 1 is 1.00 bits per heavy atom. The molecule has 6 heavy (non-hydrogen) atoms. The van der Waals surface area contributed by atoms with E-state index in [4.69, 9.17) is 18.2 Å². The van der Waals surface area contributed by atoms with Crippen molar-refractivity contribution < 1.29 is 32.6 Å². The van der Waals surface area contributed by atoms with E-state index in [9.17, 15) is 0 Å². The molecule has 0 aromatic heterocycles. The zero-order valence-corrected chi connectivity index (χ0v) is 4.26. The molecule has 0 saturated heterocycles. The van der Waals surface area contributed by atoms with Crippen LogP contribution in [0.25, 0.3) is 0 Å². The molecule has 0 bridgehead atoms. The van der Waals surface area contributed by atoms with Crippen molar-refractivity contribution >= 4 is 8.21 Å². The average Bonchev–Trinajstić information content (AvgIpc) is 0.650. The zero-order chi connectivity index (χ0) is 5.45. The number of hydrogen-bond donors (Lipinski definition) is 4. The van der Waals surface area contributed by atoms with Crippen LogP contribution in [0, 0.1) is 0 Å². The molecule has 0 fully saturated rings. The molecule has 0 aliphatic heterocycles. The molecule has 45 valence electrons. The molecule has 6 heteroatoms. The van der Waals surface area contributed by atoms with E-state index in [1.807, 2.05) is 0 Å². The first kappa shape index (κ1) is 6.71. The van der Waals surface area contributed by atoms with Gasteiger partial charge in [-0.05, 0) is 0 Å². The molecule has 0 aliphatic carbocycles. The fraction of sp³-hybridized carbons (Fsp3) is 0. The van der Waals surface area contributed by atoms with Crippen molar-refractivity contribution in [3.8, 4) is 0 Å². The number of hydrogen-bond acceptors (Lipinski definition) is 4. The van der Waals surface area contributed by atoms with E-state index in [1.165, 1.54) is 0 Å². The van der Waals surface area contributed by atoms with E-state index in [0.29, 0.717) is 0 Å². The summed E-state index contributed by atoms with van der Waals surface area (Å²) in [7, 11) is -5.29. The summed E-state index contributed by atoms with van der Waals surface area (Å²) in [6, 6.07) is 0. The maximum atomic E-state index is 7.57. The minimum atomic E-state index is -5.29. The summed E-state index contributed by atoms with van der Waals surface area (Å²) < 4.78 is 30.3. The van der Waals surface area contributed by atoms with Crippen LogP contribution in [0.5, 0.6) is 0 Å². The first-order chi connectivity index (χ1) is 2.24. The Morgan fingerprint density at radius 3 is 1.00 bits per heavy atom. The Hall–Kier alpha value is 0.709. The van der Waals surface area contributed by atoms with Gasteiger partial charge in [0, 0.05) is 0 Å². The first-order valence-electron chi connectivity index (χ1n) is 0.853. The van der Waals surface area contributed by atoms with Gasteiger partial charge in [0.1, 0.15) is 0 Å². The molecule has 0 heterocycles. The fourth-order valence-corrected chi connectivity index (χ4v) is 0. The predicted molar refractivity (Wildman–Crippen MR) is 18.1 cm³/mol. The van der Waals surface area contributed by atoms with Crippen LogP contribution >= 0.6 is 8.21 Å². The molecule has 4 N–H and O–H groups in total. The summed E-state index contributed by atoms with van der Waals surface area (Å²) in [4.78, 5) is 0. The van der Waals surface area contributed by atoms with Crippen molar-refractivity contribution in [2.45, 2.75) is 0 Å². The number of rotatable bonds is 0. The second-order valence-corrected chi connectivity index (χ2v) is 4.19. The van der Waals surface area contributed by atoms with E-state index >= 15 is 0 Å². The van der Waals surface area contributed by atoms with E-state index in [1.54, 1.807) is 0 Å². The molecule has 0 aromatic carbocycles.